The highest BCUT2D eigenvalue weighted by Gasteiger charge is 2.21. The lowest BCUT2D eigenvalue weighted by Gasteiger charge is -2.19. The van der Waals surface area contributed by atoms with Crippen LogP contribution in [0.2, 0.25) is 0 Å². The third-order valence-electron chi connectivity index (χ3n) is 4.25. The maximum Gasteiger partial charge on any atom is 0.228 e. The van der Waals surface area contributed by atoms with Gasteiger partial charge < -0.3 is 4.90 Å². The van der Waals surface area contributed by atoms with Crippen molar-refractivity contribution in [3.63, 3.8) is 0 Å². The number of hydrogen-bond acceptors (Lipinski definition) is 4. The van der Waals surface area contributed by atoms with Crippen molar-refractivity contribution in [2.45, 2.75) is 25.9 Å². The molecule has 4 heterocycles. The predicted molar refractivity (Wildman–Crippen MR) is 93.5 cm³/mol. The molecule has 3 aromatic heterocycles. The first-order valence-electron chi connectivity index (χ1n) is 8.07. The summed E-state index contributed by atoms with van der Waals surface area (Å²) >= 11 is 1.64. The van der Waals surface area contributed by atoms with Crippen molar-refractivity contribution >= 4 is 17.2 Å². The van der Waals surface area contributed by atoms with Crippen LogP contribution < -0.4 is 0 Å². The van der Waals surface area contributed by atoms with Gasteiger partial charge in [0.15, 0.2) is 0 Å². The molecule has 1 aliphatic rings. The van der Waals surface area contributed by atoms with Gasteiger partial charge in [0, 0.05) is 35.9 Å². The van der Waals surface area contributed by atoms with E-state index in [0.29, 0.717) is 13.0 Å². The number of carbonyl (C=O) groups is 1. The van der Waals surface area contributed by atoms with Crippen LogP contribution in [0.1, 0.15) is 17.0 Å². The SMILES string of the molecule is O=C(Cc1cccs1)N1CCCn2nc(-c3ccncc3)cc2C1. The van der Waals surface area contributed by atoms with Crippen molar-refractivity contribution in [2.75, 3.05) is 6.54 Å². The van der Waals surface area contributed by atoms with E-state index in [4.69, 9.17) is 5.10 Å². The Labute approximate surface area is 144 Å². The molecule has 0 saturated heterocycles. The van der Waals surface area contributed by atoms with E-state index in [1.54, 1.807) is 23.7 Å². The fourth-order valence-electron chi connectivity index (χ4n) is 3.01. The minimum absolute atomic E-state index is 0.192. The van der Waals surface area contributed by atoms with Crippen LogP contribution in [0.15, 0.2) is 48.1 Å². The van der Waals surface area contributed by atoms with Crippen LogP contribution in [0.5, 0.6) is 0 Å². The number of aryl methyl sites for hydroxylation is 1. The summed E-state index contributed by atoms with van der Waals surface area (Å²) in [5.41, 5.74) is 3.10. The monoisotopic (exact) mass is 338 g/mol. The summed E-state index contributed by atoms with van der Waals surface area (Å²) in [4.78, 5) is 19.7. The number of rotatable bonds is 3. The van der Waals surface area contributed by atoms with Crippen molar-refractivity contribution < 1.29 is 4.79 Å². The van der Waals surface area contributed by atoms with Gasteiger partial charge in [-0.25, -0.2) is 0 Å². The Hall–Kier alpha value is -2.47. The number of carbonyl (C=O) groups excluding carboxylic acids is 1. The molecule has 0 N–H and O–H groups in total. The zero-order valence-corrected chi connectivity index (χ0v) is 14.1. The second-order valence-electron chi connectivity index (χ2n) is 5.90. The molecule has 1 amide bonds. The molecule has 0 radical (unpaired) electrons. The van der Waals surface area contributed by atoms with Gasteiger partial charge in [-0.1, -0.05) is 6.07 Å². The standard InChI is InChI=1S/C18H18N4OS/c23-18(12-16-3-1-10-24-16)21-8-2-9-22-15(13-21)11-17(20-22)14-4-6-19-7-5-14/h1,3-7,10-11H,2,8-9,12-13H2. The molecule has 0 aromatic carbocycles. The minimum atomic E-state index is 0.192. The number of thiophene rings is 1. The van der Waals surface area contributed by atoms with Gasteiger partial charge >= 0.3 is 0 Å². The van der Waals surface area contributed by atoms with Crippen LogP contribution in [0, 0.1) is 0 Å². The summed E-state index contributed by atoms with van der Waals surface area (Å²) in [6.07, 6.45) is 4.97. The summed E-state index contributed by atoms with van der Waals surface area (Å²) in [5.74, 6) is 0.192. The van der Waals surface area contributed by atoms with Crippen molar-refractivity contribution in [1.82, 2.24) is 19.7 Å². The third kappa shape index (κ3) is 3.10. The van der Waals surface area contributed by atoms with Gasteiger partial charge in [-0.15, -0.1) is 11.3 Å². The molecule has 24 heavy (non-hydrogen) atoms. The molecule has 0 spiro atoms. The highest BCUT2D eigenvalue weighted by atomic mass is 32.1. The molecule has 0 fully saturated rings. The average molecular weight is 338 g/mol. The van der Waals surface area contributed by atoms with Gasteiger partial charge in [-0.05, 0) is 36.1 Å². The number of aromatic nitrogens is 3. The van der Waals surface area contributed by atoms with Gasteiger partial charge in [0.25, 0.3) is 0 Å². The summed E-state index contributed by atoms with van der Waals surface area (Å²) in [5, 5.41) is 6.72. The Morgan fingerprint density at radius 3 is 2.88 bits per heavy atom. The second kappa shape index (κ2) is 6.57. The third-order valence-corrected chi connectivity index (χ3v) is 5.12. The Balaban J connectivity index is 1.54. The van der Waals surface area contributed by atoms with Crippen molar-refractivity contribution in [1.29, 1.82) is 0 Å². The average Bonchev–Trinajstić information content (AvgIpc) is 3.21. The molecule has 6 heteroatoms. The topological polar surface area (TPSA) is 51.0 Å². The minimum Gasteiger partial charge on any atom is -0.336 e. The molecule has 122 valence electrons. The maximum atomic E-state index is 12.6. The highest BCUT2D eigenvalue weighted by Crippen LogP contribution is 2.22. The number of hydrogen-bond donors (Lipinski definition) is 0. The first kappa shape index (κ1) is 15.1. The van der Waals surface area contributed by atoms with E-state index in [2.05, 4.69) is 11.1 Å². The van der Waals surface area contributed by atoms with E-state index in [-0.39, 0.29) is 5.91 Å². The molecule has 5 nitrogen and oxygen atoms in total. The van der Waals surface area contributed by atoms with Gasteiger partial charge in [0.05, 0.1) is 24.4 Å². The summed E-state index contributed by atoms with van der Waals surface area (Å²) in [6, 6.07) is 10.0. The number of pyridine rings is 1. The molecule has 0 unspecified atom stereocenters. The Bertz CT molecular complexity index is 826. The Morgan fingerprint density at radius 1 is 1.21 bits per heavy atom. The van der Waals surface area contributed by atoms with Crippen molar-refractivity contribution in [3.8, 4) is 11.3 Å². The van der Waals surface area contributed by atoms with E-state index >= 15 is 0 Å². The van der Waals surface area contributed by atoms with E-state index in [0.717, 1.165) is 41.3 Å². The van der Waals surface area contributed by atoms with Gasteiger partial charge in [-0.3, -0.25) is 14.5 Å². The fraction of sp³-hybridized carbons (Fsp3) is 0.278. The van der Waals surface area contributed by atoms with Crippen molar-refractivity contribution in [3.05, 3.63) is 58.7 Å². The molecular weight excluding hydrogens is 320 g/mol. The Morgan fingerprint density at radius 2 is 2.08 bits per heavy atom. The van der Waals surface area contributed by atoms with Crippen LogP contribution in [-0.4, -0.2) is 32.1 Å². The van der Waals surface area contributed by atoms with Crippen molar-refractivity contribution in [2.24, 2.45) is 0 Å². The highest BCUT2D eigenvalue weighted by molar-refractivity contribution is 7.10. The van der Waals surface area contributed by atoms with Crippen LogP contribution in [0.25, 0.3) is 11.3 Å². The molecule has 0 bridgehead atoms. The van der Waals surface area contributed by atoms with E-state index < -0.39 is 0 Å². The lowest BCUT2D eigenvalue weighted by Crippen LogP contribution is -2.31. The second-order valence-corrected chi connectivity index (χ2v) is 6.94. The molecule has 1 aliphatic heterocycles. The molecule has 3 aromatic rings. The van der Waals surface area contributed by atoms with Crippen LogP contribution in [-0.2, 0) is 24.3 Å². The zero-order chi connectivity index (χ0) is 16.4. The number of amides is 1. The normalized spacial score (nSPS) is 14.2. The lowest BCUT2D eigenvalue weighted by molar-refractivity contribution is -0.131. The summed E-state index contributed by atoms with van der Waals surface area (Å²) in [6.45, 7) is 2.27. The lowest BCUT2D eigenvalue weighted by atomic mass is 10.2. The number of fused-ring (bicyclic) bond motifs is 1. The van der Waals surface area contributed by atoms with Crippen LogP contribution in [0.3, 0.4) is 0 Å². The molecular formula is C18H18N4OS. The molecule has 0 aliphatic carbocycles. The zero-order valence-electron chi connectivity index (χ0n) is 13.3. The van der Waals surface area contributed by atoms with Crippen LogP contribution >= 0.6 is 11.3 Å². The van der Waals surface area contributed by atoms with E-state index in [1.807, 2.05) is 39.2 Å². The Kier molecular flexibility index (Phi) is 4.13. The maximum absolute atomic E-state index is 12.6. The molecule has 0 atom stereocenters. The molecule has 0 saturated carbocycles. The fourth-order valence-corrected chi connectivity index (χ4v) is 3.71. The quantitative estimate of drug-likeness (QED) is 0.738. The van der Waals surface area contributed by atoms with E-state index in [9.17, 15) is 4.79 Å². The van der Waals surface area contributed by atoms with Crippen LogP contribution in [0.4, 0.5) is 0 Å². The summed E-state index contributed by atoms with van der Waals surface area (Å²) < 4.78 is 2.04. The van der Waals surface area contributed by atoms with E-state index in [1.165, 1.54) is 0 Å². The first-order valence-corrected chi connectivity index (χ1v) is 8.95. The largest absolute Gasteiger partial charge is 0.336 e. The summed E-state index contributed by atoms with van der Waals surface area (Å²) in [7, 11) is 0. The van der Waals surface area contributed by atoms with Gasteiger partial charge in [0.2, 0.25) is 5.91 Å². The number of nitrogens with zero attached hydrogens (tertiary/aromatic N) is 4. The molecule has 4 rings (SSSR count). The first-order chi connectivity index (χ1) is 11.8. The van der Waals surface area contributed by atoms with Gasteiger partial charge in [0.1, 0.15) is 0 Å². The van der Waals surface area contributed by atoms with Gasteiger partial charge in [-0.2, -0.15) is 5.10 Å². The smallest absolute Gasteiger partial charge is 0.228 e. The predicted octanol–water partition coefficient (Wildman–Crippen LogP) is 2.98.